The number of azo groups is 2. The van der Waals surface area contributed by atoms with Gasteiger partial charge in [-0.1, -0.05) is 65.8 Å². The van der Waals surface area contributed by atoms with Crippen molar-refractivity contribution in [3.8, 4) is 0 Å². The van der Waals surface area contributed by atoms with Crippen molar-refractivity contribution in [3.63, 3.8) is 0 Å². The van der Waals surface area contributed by atoms with Gasteiger partial charge >= 0.3 is 10.1 Å². The van der Waals surface area contributed by atoms with E-state index in [0.29, 0.717) is 64.6 Å². The highest BCUT2D eigenvalue weighted by Crippen LogP contribution is 2.40. The fourth-order valence-electron chi connectivity index (χ4n) is 9.12. The largest absolute Gasteiger partial charge is 0.372 e. The third kappa shape index (κ3) is 17.6. The summed E-state index contributed by atoms with van der Waals surface area (Å²) in [5, 5.41) is 29.4. The number of nitrogens with one attached hydrogen (secondary N) is 4. The molecule has 0 bridgehead atoms. The molecule has 9 N–H and O–H groups in total. The van der Waals surface area contributed by atoms with Crippen molar-refractivity contribution >= 4 is 160 Å². The highest BCUT2D eigenvalue weighted by Gasteiger charge is 2.26. The second-order valence-corrected chi connectivity index (χ2v) is 24.4. The molecule has 0 aliphatic heterocycles. The number of thiazole rings is 2. The lowest BCUT2D eigenvalue weighted by Gasteiger charge is -2.23. The van der Waals surface area contributed by atoms with Crippen LogP contribution in [-0.4, -0.2) is 105 Å². The van der Waals surface area contributed by atoms with Gasteiger partial charge in [-0.05, 0) is 139 Å². The van der Waals surface area contributed by atoms with E-state index in [-0.39, 0.29) is 66.0 Å². The summed E-state index contributed by atoms with van der Waals surface area (Å²) in [4.78, 5) is 104. The lowest BCUT2D eigenvalue weighted by Crippen LogP contribution is -2.21. The lowest BCUT2D eigenvalue weighted by atomic mass is 10.0. The number of ketones is 2. The minimum Gasteiger partial charge on any atom is -0.372 e. The Morgan fingerprint density at radius 1 is 0.640 bits per heavy atom. The Labute approximate surface area is 524 Å². The molecule has 0 radical (unpaired) electrons. The fourth-order valence-corrected chi connectivity index (χ4v) is 12.7. The van der Waals surface area contributed by atoms with Crippen LogP contribution in [0, 0.1) is 0 Å². The Hall–Kier alpha value is -9.49. The number of hydrogen-bond acceptors (Lipinski definition) is 24. The van der Waals surface area contributed by atoms with Crippen molar-refractivity contribution in [2.24, 2.45) is 31.9 Å². The molecule has 30 heteroatoms. The van der Waals surface area contributed by atoms with E-state index in [1.165, 1.54) is 67.4 Å². The van der Waals surface area contributed by atoms with E-state index < -0.39 is 55.9 Å². The molecule has 0 atom stereocenters. The molecule has 0 spiro atoms. The maximum absolute atomic E-state index is 13.5. The number of rotatable bonds is 27. The number of nitrogens with zero attached hydrogens (tertiary/aromatic N) is 11. The molecule has 7 aromatic rings. The highest BCUT2D eigenvalue weighted by molar-refractivity contribution is 7.99. The van der Waals surface area contributed by atoms with Crippen LogP contribution in [-0.2, 0) is 29.3 Å². The van der Waals surface area contributed by atoms with Gasteiger partial charge in [-0.3, -0.25) is 33.3 Å². The van der Waals surface area contributed by atoms with Crippen LogP contribution in [0.5, 0.6) is 0 Å². The Balaban J connectivity index is 1.13. The smallest absolute Gasteiger partial charge is 0.313 e. The third-order valence-corrected chi connectivity index (χ3v) is 17.5. The van der Waals surface area contributed by atoms with Crippen LogP contribution < -0.4 is 42.5 Å². The van der Waals surface area contributed by atoms with E-state index >= 15 is 0 Å². The number of carbonyl (C=O) groups is 6. The first kappa shape index (κ1) is 65.5. The van der Waals surface area contributed by atoms with Gasteiger partial charge in [-0.2, -0.15) is 23.4 Å². The molecule has 8 rings (SSSR count). The summed E-state index contributed by atoms with van der Waals surface area (Å²) in [6.07, 6.45) is 8.99. The molecular formula is C59H63N17O9S4. The molecule has 1 aliphatic carbocycles. The van der Waals surface area contributed by atoms with Crippen molar-refractivity contribution in [3.05, 3.63) is 123 Å². The number of amides is 4. The fraction of sp³-hybridized carbons (Fsp3) is 0.271. The molecule has 26 nitrogen and oxygen atoms in total. The van der Waals surface area contributed by atoms with Gasteiger partial charge in [0.2, 0.25) is 39.0 Å². The first-order chi connectivity index (χ1) is 42.6. The van der Waals surface area contributed by atoms with Crippen LogP contribution in [0.4, 0.5) is 67.7 Å². The van der Waals surface area contributed by atoms with Gasteiger partial charge in [-0.25, -0.2) is 9.97 Å². The second-order valence-electron chi connectivity index (χ2n) is 19.8. The van der Waals surface area contributed by atoms with Crippen molar-refractivity contribution in [1.82, 2.24) is 24.9 Å². The number of carbonyl (C=O) groups excluding carboxylic acids is 6. The minimum atomic E-state index is -5.06. The molecule has 1 aliphatic rings. The zero-order valence-corrected chi connectivity index (χ0v) is 52.4. The number of Topliss-reactive ketones (excluding diaryl/α,β-unsaturated/α-hetero) is 2. The van der Waals surface area contributed by atoms with Gasteiger partial charge in [0.25, 0.3) is 11.8 Å². The van der Waals surface area contributed by atoms with E-state index in [4.69, 9.17) is 26.4 Å². The van der Waals surface area contributed by atoms with Gasteiger partial charge in [-0.15, -0.1) is 20.5 Å². The summed E-state index contributed by atoms with van der Waals surface area (Å²) >= 11 is 3.25. The second kappa shape index (κ2) is 29.9. The molecule has 0 unspecified atom stereocenters. The maximum atomic E-state index is 13.5. The summed E-state index contributed by atoms with van der Waals surface area (Å²) in [5.74, 6) is -4.09. The Morgan fingerprint density at radius 2 is 1.13 bits per heavy atom. The average Bonchev–Trinajstić information content (AvgIpc) is 3.11. The normalized spacial score (nSPS) is 13.1. The van der Waals surface area contributed by atoms with Crippen molar-refractivity contribution in [2.75, 3.05) is 57.2 Å². The summed E-state index contributed by atoms with van der Waals surface area (Å²) in [7, 11) is -5.06. The Kier molecular flexibility index (Phi) is 22.0. The lowest BCUT2D eigenvalue weighted by molar-refractivity contribution is -0.120. The molecular weight excluding hydrogens is 1220 g/mol. The zero-order valence-electron chi connectivity index (χ0n) is 49.2. The summed E-state index contributed by atoms with van der Waals surface area (Å²) in [5.41, 5.74) is 13.9. The molecule has 89 heavy (non-hydrogen) atoms. The first-order valence-electron chi connectivity index (χ1n) is 28.0. The number of thioether (sulfide) groups is 1. The van der Waals surface area contributed by atoms with Crippen molar-refractivity contribution in [2.45, 2.75) is 89.1 Å². The third-order valence-electron chi connectivity index (χ3n) is 13.6. The molecule has 1 fully saturated rings. The predicted molar refractivity (Wildman–Crippen MR) is 346 cm³/mol. The molecule has 0 saturated heterocycles. The van der Waals surface area contributed by atoms with Gasteiger partial charge in [0.1, 0.15) is 11.4 Å². The van der Waals surface area contributed by atoms with Crippen LogP contribution in [0.1, 0.15) is 104 Å². The summed E-state index contributed by atoms with van der Waals surface area (Å²) in [6.45, 7) is 13.1. The van der Waals surface area contributed by atoms with Gasteiger partial charge in [0.15, 0.2) is 16.7 Å². The number of hydrogen-bond donors (Lipinski definition) is 7. The van der Waals surface area contributed by atoms with E-state index in [0.717, 1.165) is 67.8 Å². The van der Waals surface area contributed by atoms with Gasteiger partial charge in [0, 0.05) is 71.5 Å². The monoisotopic (exact) mass is 1280 g/mol. The van der Waals surface area contributed by atoms with E-state index in [9.17, 15) is 41.7 Å². The zero-order chi connectivity index (χ0) is 63.9. The first-order valence-corrected chi connectivity index (χ1v) is 32.0. The highest BCUT2D eigenvalue weighted by atomic mass is 32.2. The number of aromatic nitrogens is 5. The molecule has 462 valence electrons. The van der Waals surface area contributed by atoms with E-state index in [1.807, 2.05) is 52.0 Å². The summed E-state index contributed by atoms with van der Waals surface area (Å²) in [6, 6.07) is 22.7. The minimum absolute atomic E-state index is 0.0867. The van der Waals surface area contributed by atoms with Crippen LogP contribution in [0.3, 0.4) is 0 Å². The summed E-state index contributed by atoms with van der Waals surface area (Å²) < 4.78 is 35.8. The molecule has 4 aromatic carbocycles. The molecule has 3 heterocycles. The Morgan fingerprint density at radius 3 is 1.61 bits per heavy atom. The molecule has 3 aromatic heterocycles. The number of primary amides is 2. The standard InChI is InChI=1S/C59H63N17O9S4/c1-7-75(8-2)39-22-24-45(71-73-57-62-32-42(87-57)30-43(33(5)77)52(81)63-37-18-14-16-35(26-37)50(60)79)47(28-39)65-55-68-56(70-58(69-55)86-41-20-12-11-13-21-41)66-48-29-40(76(9-3)10-4)23-25-46(48)72-74-59-67-54(89(83,84)85)49(88-59)31-44(34(6)78)53(82)64-38-19-15-17-36(27-38)51(61)80/h14-19,22-32,41H,7-13,20-21H2,1-6H3,(H2,60,79)(H2,61,80)(H,63,81)(H,64,82)(H,83,84,85)(H2,65,66,68,69,70)/b43-30+,44-31-,73-71?,74-72?. The number of anilines is 8. The van der Waals surface area contributed by atoms with E-state index in [1.54, 1.807) is 24.3 Å². The van der Waals surface area contributed by atoms with Gasteiger partial charge < -0.3 is 42.5 Å². The van der Waals surface area contributed by atoms with Crippen molar-refractivity contribution in [1.29, 1.82) is 0 Å². The van der Waals surface area contributed by atoms with Crippen LogP contribution in [0.2, 0.25) is 0 Å². The quantitative estimate of drug-likeness (QED) is 0.00826. The molecule has 4 amide bonds. The van der Waals surface area contributed by atoms with Crippen LogP contribution in [0.25, 0.3) is 12.2 Å². The molecule has 1 saturated carbocycles. The van der Waals surface area contributed by atoms with Crippen molar-refractivity contribution < 1.29 is 41.7 Å². The number of benzene rings is 4. The van der Waals surface area contributed by atoms with Crippen LogP contribution >= 0.6 is 34.4 Å². The SMILES string of the molecule is CCN(CC)c1ccc(N=Nc2ncc(/C=C(\C(C)=O)C(=O)Nc3cccc(C(N)=O)c3)s2)c(Nc2nc(Nc3cc(N(CC)CC)ccc3N=Nc3nc(S(=O)(=O)O)c(/C=C(/C(C)=O)C(=O)Nc4cccc(C(N)=O)c4)s3)nc(SC3CCCCC3)n2)c1. The Bertz CT molecular complexity index is 4080. The predicted octanol–water partition coefficient (Wildman–Crippen LogP) is 11.9. The van der Waals surface area contributed by atoms with Crippen LogP contribution in [0.15, 0.2) is 133 Å². The topological polar surface area (TPSA) is 377 Å². The average molecular weight is 1280 g/mol. The van der Waals surface area contributed by atoms with Gasteiger partial charge in [0.05, 0.1) is 32.3 Å². The number of nitrogens with two attached hydrogens (primary N) is 2. The van der Waals surface area contributed by atoms with E-state index in [2.05, 4.69) is 61.5 Å². The maximum Gasteiger partial charge on any atom is 0.313 e.